The Bertz CT molecular complexity index is 1170. The largest absolute Gasteiger partial charge is 0.417 e. The van der Waals surface area contributed by atoms with Crippen molar-refractivity contribution in [3.63, 3.8) is 0 Å². The lowest BCUT2D eigenvalue weighted by atomic mass is 10.1. The van der Waals surface area contributed by atoms with Crippen LogP contribution in [0.1, 0.15) is 40.9 Å². The van der Waals surface area contributed by atoms with Gasteiger partial charge in [0.2, 0.25) is 5.91 Å². The summed E-state index contributed by atoms with van der Waals surface area (Å²) >= 11 is 2.25. The molecule has 3 aromatic rings. The van der Waals surface area contributed by atoms with Gasteiger partial charge in [-0.15, -0.1) is 22.7 Å². The van der Waals surface area contributed by atoms with Crippen molar-refractivity contribution in [3.8, 4) is 10.6 Å². The molecule has 4 heterocycles. The van der Waals surface area contributed by atoms with Gasteiger partial charge in [-0.25, -0.2) is 4.98 Å². The number of nitrogens with zero attached hydrogens (tertiary/aromatic N) is 3. The molecule has 168 valence electrons. The Morgan fingerprint density at radius 2 is 1.94 bits per heavy atom. The van der Waals surface area contributed by atoms with E-state index in [2.05, 4.69) is 4.98 Å². The second kappa shape index (κ2) is 8.15. The minimum atomic E-state index is -4.57. The number of carbonyl (C=O) groups is 2. The predicted molar refractivity (Wildman–Crippen MR) is 118 cm³/mol. The predicted octanol–water partition coefficient (Wildman–Crippen LogP) is 5.27. The summed E-state index contributed by atoms with van der Waals surface area (Å²) in [6.07, 6.45) is -0.359. The molecule has 32 heavy (non-hydrogen) atoms. The minimum Gasteiger partial charge on any atom is -0.336 e. The first-order valence-electron chi connectivity index (χ1n) is 10.5. The number of thiophene rings is 2. The molecule has 0 bridgehead atoms. The molecule has 0 N–H and O–H groups in total. The Labute approximate surface area is 190 Å². The highest BCUT2D eigenvalue weighted by atomic mass is 32.1. The molecule has 3 aromatic heterocycles. The Balaban J connectivity index is 1.44. The number of aromatic nitrogens is 1. The van der Waals surface area contributed by atoms with Gasteiger partial charge in [0.15, 0.2) is 0 Å². The van der Waals surface area contributed by atoms with Crippen LogP contribution in [-0.4, -0.2) is 52.3 Å². The van der Waals surface area contributed by atoms with Gasteiger partial charge >= 0.3 is 6.18 Å². The number of piperazine rings is 1. The molecule has 2 aliphatic rings. The van der Waals surface area contributed by atoms with Crippen LogP contribution in [0.25, 0.3) is 20.8 Å². The highest BCUT2D eigenvalue weighted by molar-refractivity contribution is 7.20. The number of pyridine rings is 1. The van der Waals surface area contributed by atoms with Crippen LogP contribution in [0.2, 0.25) is 0 Å². The number of amides is 2. The second-order valence-corrected chi connectivity index (χ2v) is 10.1. The van der Waals surface area contributed by atoms with Gasteiger partial charge in [-0.1, -0.05) is 18.9 Å². The van der Waals surface area contributed by atoms with Crippen LogP contribution < -0.4 is 0 Å². The lowest BCUT2D eigenvalue weighted by Gasteiger charge is -2.37. The van der Waals surface area contributed by atoms with E-state index < -0.39 is 17.6 Å². The minimum absolute atomic E-state index is 0.0381. The molecule has 5 rings (SSSR count). The summed E-state index contributed by atoms with van der Waals surface area (Å²) in [5.74, 6) is -0.509. The van der Waals surface area contributed by atoms with Crippen LogP contribution in [0.4, 0.5) is 13.2 Å². The zero-order valence-corrected chi connectivity index (χ0v) is 18.7. The van der Waals surface area contributed by atoms with E-state index in [4.69, 9.17) is 0 Å². The molecule has 0 aromatic carbocycles. The maximum absolute atomic E-state index is 13.8. The lowest BCUT2D eigenvalue weighted by molar-refractivity contribution is -0.137. The van der Waals surface area contributed by atoms with Crippen LogP contribution >= 0.6 is 22.7 Å². The van der Waals surface area contributed by atoms with Crippen LogP contribution in [0, 0.1) is 0 Å². The summed E-state index contributed by atoms with van der Waals surface area (Å²) in [5.41, 5.74) is -0.565. The smallest absolute Gasteiger partial charge is 0.336 e. The average Bonchev–Trinajstić information content (AvgIpc) is 3.53. The molecular formula is C22H20F3N3O2S2. The zero-order valence-electron chi connectivity index (χ0n) is 17.0. The number of hydrogen-bond donors (Lipinski definition) is 0. The van der Waals surface area contributed by atoms with E-state index in [0.717, 1.165) is 43.1 Å². The summed E-state index contributed by atoms with van der Waals surface area (Å²) in [5, 5.41) is 1.70. The Morgan fingerprint density at radius 3 is 2.59 bits per heavy atom. The second-order valence-electron chi connectivity index (χ2n) is 8.11. The molecule has 5 nitrogen and oxygen atoms in total. The van der Waals surface area contributed by atoms with Gasteiger partial charge in [0.1, 0.15) is 11.4 Å². The number of alkyl halides is 3. The van der Waals surface area contributed by atoms with E-state index in [0.29, 0.717) is 18.0 Å². The Kier molecular flexibility index (Phi) is 5.45. The molecule has 2 fully saturated rings. The van der Waals surface area contributed by atoms with E-state index in [1.54, 1.807) is 17.5 Å². The molecule has 1 saturated carbocycles. The number of carbonyl (C=O) groups excluding carboxylic acids is 2. The van der Waals surface area contributed by atoms with Gasteiger partial charge in [0.25, 0.3) is 5.91 Å². The van der Waals surface area contributed by atoms with Crippen molar-refractivity contribution in [3.05, 3.63) is 40.1 Å². The topological polar surface area (TPSA) is 53.5 Å². The molecule has 2 amide bonds. The normalized spacial score (nSPS) is 18.2. The third kappa shape index (κ3) is 3.90. The lowest BCUT2D eigenvalue weighted by Crippen LogP contribution is -2.54. The van der Waals surface area contributed by atoms with Crippen LogP contribution in [0.5, 0.6) is 0 Å². The fraction of sp³-hybridized carbons (Fsp3) is 0.409. The highest BCUT2D eigenvalue weighted by Gasteiger charge is 2.36. The van der Waals surface area contributed by atoms with Gasteiger partial charge in [-0.05, 0) is 36.4 Å². The van der Waals surface area contributed by atoms with E-state index >= 15 is 0 Å². The van der Waals surface area contributed by atoms with Crippen molar-refractivity contribution in [1.82, 2.24) is 14.8 Å². The maximum Gasteiger partial charge on any atom is 0.417 e. The number of halogens is 3. The monoisotopic (exact) mass is 479 g/mol. The molecule has 0 spiro atoms. The SMILES string of the molecule is O=C(c1cc2c(C(F)(F)F)cc(-c3cccs3)nc2s1)N1CCN(C2CCCC2)C(=O)C1. The first-order chi connectivity index (χ1) is 15.3. The summed E-state index contributed by atoms with van der Waals surface area (Å²) in [6, 6.07) is 6.03. The highest BCUT2D eigenvalue weighted by Crippen LogP contribution is 2.40. The van der Waals surface area contributed by atoms with E-state index in [1.165, 1.54) is 22.3 Å². The maximum atomic E-state index is 13.8. The van der Waals surface area contributed by atoms with E-state index in [9.17, 15) is 22.8 Å². The average molecular weight is 480 g/mol. The third-order valence-corrected chi connectivity index (χ3v) is 8.01. The van der Waals surface area contributed by atoms with Crippen LogP contribution in [0.3, 0.4) is 0 Å². The zero-order chi connectivity index (χ0) is 22.5. The fourth-order valence-corrected chi connectivity index (χ4v) is 6.23. The van der Waals surface area contributed by atoms with Gasteiger partial charge in [0.05, 0.1) is 21.0 Å². The number of fused-ring (bicyclic) bond motifs is 1. The molecule has 1 saturated heterocycles. The molecule has 0 unspecified atom stereocenters. The van der Waals surface area contributed by atoms with Gasteiger partial charge < -0.3 is 9.80 Å². The molecule has 1 aliphatic carbocycles. The van der Waals surface area contributed by atoms with Crippen LogP contribution in [-0.2, 0) is 11.0 Å². The third-order valence-electron chi connectivity index (χ3n) is 6.11. The van der Waals surface area contributed by atoms with Crippen LogP contribution in [0.15, 0.2) is 29.6 Å². The summed E-state index contributed by atoms with van der Waals surface area (Å²) in [4.78, 5) is 34.4. The standard InChI is InChI=1S/C22H20F3N3O2S2/c23-22(24,25)15-11-16(17-6-3-9-31-17)26-20-14(15)10-18(32-20)21(30)27-7-8-28(19(29)12-27)13-4-1-2-5-13/h3,6,9-11,13H,1-2,4-5,7-8,12H2. The van der Waals surface area contributed by atoms with Crippen molar-refractivity contribution in [2.45, 2.75) is 37.9 Å². The molecule has 0 radical (unpaired) electrons. The Morgan fingerprint density at radius 1 is 1.16 bits per heavy atom. The van der Waals surface area contributed by atoms with Crippen molar-refractivity contribution in [2.75, 3.05) is 19.6 Å². The van der Waals surface area contributed by atoms with E-state index in [1.807, 2.05) is 4.90 Å². The first-order valence-corrected chi connectivity index (χ1v) is 12.2. The van der Waals surface area contributed by atoms with E-state index in [-0.39, 0.29) is 39.3 Å². The van der Waals surface area contributed by atoms with Gasteiger partial charge in [0, 0.05) is 24.5 Å². The van der Waals surface area contributed by atoms with Gasteiger partial charge in [-0.2, -0.15) is 13.2 Å². The molecule has 10 heteroatoms. The summed E-state index contributed by atoms with van der Waals surface area (Å²) in [7, 11) is 0. The van der Waals surface area contributed by atoms with Crippen molar-refractivity contribution in [2.24, 2.45) is 0 Å². The summed E-state index contributed by atoms with van der Waals surface area (Å²) in [6.45, 7) is 0.813. The van der Waals surface area contributed by atoms with Gasteiger partial charge in [-0.3, -0.25) is 9.59 Å². The first kappa shape index (κ1) is 21.4. The molecular weight excluding hydrogens is 459 g/mol. The van der Waals surface area contributed by atoms with Crippen molar-refractivity contribution >= 4 is 44.7 Å². The Hall–Kier alpha value is -2.46. The van der Waals surface area contributed by atoms with Crippen molar-refractivity contribution < 1.29 is 22.8 Å². The fourth-order valence-electron chi connectivity index (χ4n) is 4.52. The summed E-state index contributed by atoms with van der Waals surface area (Å²) < 4.78 is 41.3. The quantitative estimate of drug-likeness (QED) is 0.514. The molecule has 0 atom stereocenters. The van der Waals surface area contributed by atoms with Crippen molar-refractivity contribution in [1.29, 1.82) is 0 Å². The molecule has 1 aliphatic heterocycles. The number of hydrogen-bond acceptors (Lipinski definition) is 5. The number of rotatable bonds is 3.